The number of alkyl halides is 4. The van der Waals surface area contributed by atoms with Crippen LogP contribution in [0.15, 0.2) is 41.8 Å². The maximum absolute atomic E-state index is 15.5. The summed E-state index contributed by atoms with van der Waals surface area (Å²) in [7, 11) is 1.04. The van der Waals surface area contributed by atoms with E-state index >= 15 is 4.39 Å². The van der Waals surface area contributed by atoms with E-state index in [1.54, 1.807) is 37.3 Å². The van der Waals surface area contributed by atoms with E-state index in [1.807, 2.05) is 6.92 Å². The number of halogens is 4. The molecule has 4 atom stereocenters. The standard InChI is InChI=1S/C34H39F4N4O4PS/c1-21-16-29(45-3)28(18-33(21,2)32(43)40-20-47-44)39-12-5-8-30-24(17-34(36,37)38)23-6-4-7-27(31(23)48-30)41-26-9-13-42(19-25(26)35)22-10-14-46-15-11-22/h4,6-7,16,18,21-22,25-26,39,41H,9-15,17,19H2,1-3H3,(H,40,43)/t21?,25-,26+,33?/m0/s1. The van der Waals surface area contributed by atoms with Crippen molar-refractivity contribution < 1.29 is 36.4 Å². The van der Waals surface area contributed by atoms with Crippen molar-refractivity contribution in [2.45, 2.75) is 64.0 Å². The zero-order chi connectivity index (χ0) is 34.5. The molecule has 2 saturated heterocycles. The van der Waals surface area contributed by atoms with Crippen molar-refractivity contribution in [1.82, 2.24) is 15.5 Å². The van der Waals surface area contributed by atoms with Crippen molar-refractivity contribution >= 4 is 40.9 Å². The fraction of sp³-hybridized carbons (Fsp3) is 0.529. The molecular weight excluding hydrogens is 667 g/mol. The number of carbonyl (C=O) groups is 1. The number of allylic oxidation sites excluding steroid dienone is 1. The molecule has 0 spiro atoms. The van der Waals surface area contributed by atoms with Crippen molar-refractivity contribution in [3.8, 4) is 17.6 Å². The number of fused-ring (bicyclic) bond motifs is 1. The number of ether oxygens (including phenoxy) is 2. The summed E-state index contributed by atoms with van der Waals surface area (Å²) in [5.74, 6) is 7.94. The third kappa shape index (κ3) is 8.30. The Morgan fingerprint density at radius 2 is 2.02 bits per heavy atom. The predicted molar refractivity (Wildman–Crippen MR) is 179 cm³/mol. The molecule has 5 rings (SSSR count). The van der Waals surface area contributed by atoms with E-state index in [0.717, 1.165) is 30.7 Å². The third-order valence-electron chi connectivity index (χ3n) is 9.37. The van der Waals surface area contributed by atoms with Crippen LogP contribution in [-0.4, -0.2) is 75.2 Å². The second kappa shape index (κ2) is 15.5. The number of anilines is 1. The Kier molecular flexibility index (Phi) is 11.7. The number of nitrogens with one attached hydrogen (secondary N) is 3. The molecule has 3 N–H and O–H groups in total. The first-order valence-electron chi connectivity index (χ1n) is 15.9. The minimum absolute atomic E-state index is 0.0517. The van der Waals surface area contributed by atoms with Gasteiger partial charge < -0.3 is 10.1 Å². The Bertz CT molecular complexity index is 1740. The van der Waals surface area contributed by atoms with E-state index in [1.165, 1.54) is 7.11 Å². The summed E-state index contributed by atoms with van der Waals surface area (Å²) in [6.45, 7) is 6.03. The summed E-state index contributed by atoms with van der Waals surface area (Å²) in [6, 6.07) is 4.97. The van der Waals surface area contributed by atoms with Crippen LogP contribution < -0.4 is 16.0 Å². The van der Waals surface area contributed by atoms with Crippen LogP contribution >= 0.6 is 19.3 Å². The number of hydrogen-bond donors (Lipinski definition) is 3. The second-order valence-corrected chi connectivity index (χ2v) is 13.9. The average Bonchev–Trinajstić information content (AvgIpc) is 3.40. The molecule has 2 aromatic rings. The van der Waals surface area contributed by atoms with Gasteiger partial charge in [-0.3, -0.25) is 4.90 Å². The number of likely N-dealkylation sites (tertiary alicyclic amines) is 1. The van der Waals surface area contributed by atoms with Crippen molar-refractivity contribution in [3.63, 3.8) is 0 Å². The van der Waals surface area contributed by atoms with Crippen molar-refractivity contribution in [2.24, 2.45) is 11.3 Å². The van der Waals surface area contributed by atoms with E-state index in [2.05, 4.69) is 38.4 Å². The Labute approximate surface area is 282 Å². The van der Waals surface area contributed by atoms with Crippen LogP contribution in [0.3, 0.4) is 0 Å². The molecule has 8 nitrogen and oxygen atoms in total. The Balaban J connectivity index is 1.36. The zero-order valence-corrected chi connectivity index (χ0v) is 28.7. The van der Waals surface area contributed by atoms with E-state index in [9.17, 15) is 22.5 Å². The van der Waals surface area contributed by atoms with Gasteiger partial charge in [-0.2, -0.15) is 13.2 Å². The molecule has 258 valence electrons. The summed E-state index contributed by atoms with van der Waals surface area (Å²) >= 11 is 1.16. The molecule has 1 aromatic carbocycles. The smallest absolute Gasteiger partial charge is 0.381 e. The van der Waals surface area contributed by atoms with Crippen LogP contribution in [0.25, 0.3) is 10.1 Å². The summed E-state index contributed by atoms with van der Waals surface area (Å²) in [5, 5.41) is 9.28. The van der Waals surface area contributed by atoms with Gasteiger partial charge in [-0.15, -0.1) is 0 Å². The van der Waals surface area contributed by atoms with Gasteiger partial charge in [0, 0.05) is 32.3 Å². The fourth-order valence-corrected chi connectivity index (χ4v) is 7.80. The molecule has 14 heteroatoms. The van der Waals surface area contributed by atoms with Gasteiger partial charge in [0.15, 0.2) is 0 Å². The molecule has 0 saturated carbocycles. The summed E-state index contributed by atoms with van der Waals surface area (Å²) < 4.78 is 79.2. The number of carbonyl (C=O) groups excluding carboxylic acids is 1. The van der Waals surface area contributed by atoms with Crippen LogP contribution in [0.2, 0.25) is 0 Å². The van der Waals surface area contributed by atoms with Crippen molar-refractivity contribution in [2.75, 3.05) is 45.3 Å². The first kappa shape index (κ1) is 36.0. The molecule has 3 aliphatic rings. The predicted octanol–water partition coefficient (Wildman–Crippen LogP) is 6.35. The molecule has 0 radical (unpaired) electrons. The number of hydrogen-bond acceptors (Lipinski definition) is 8. The molecule has 1 aromatic heterocycles. The summed E-state index contributed by atoms with van der Waals surface area (Å²) in [5.41, 5.74) is 0.148. The van der Waals surface area contributed by atoms with Crippen LogP contribution in [0, 0.1) is 28.9 Å². The molecule has 3 heterocycles. The van der Waals surface area contributed by atoms with Gasteiger partial charge in [-0.05, 0) is 30.7 Å². The van der Waals surface area contributed by atoms with Gasteiger partial charge in [0.05, 0.1) is 22.8 Å². The maximum atomic E-state index is 15.5. The van der Waals surface area contributed by atoms with E-state index in [0.29, 0.717) is 59.5 Å². The molecular formula is C34H39F4N4O4PS. The van der Waals surface area contributed by atoms with Gasteiger partial charge in [0.2, 0.25) is 0 Å². The first-order valence-corrected chi connectivity index (χ1v) is 17.5. The van der Waals surface area contributed by atoms with Gasteiger partial charge in [0.25, 0.3) is 0 Å². The number of methoxy groups -OCH3 is 1. The first-order chi connectivity index (χ1) is 22.9. The fourth-order valence-electron chi connectivity index (χ4n) is 6.49. The SMILES string of the molecule is COC1=CC(C)C(C)(C(=O)NC#P=O)C=C1NCC#Cc1sc2c(N[C@@H]3CCN(C4CCOCC4)C[C@@H]3F)cccc2c1CC(F)(F)F. The van der Waals surface area contributed by atoms with Crippen LogP contribution in [0.4, 0.5) is 23.2 Å². The van der Waals surface area contributed by atoms with Crippen LogP contribution in [0.5, 0.6) is 0 Å². The van der Waals surface area contributed by atoms with Crippen LogP contribution in [0.1, 0.15) is 43.6 Å². The van der Waals surface area contributed by atoms with E-state index < -0.39 is 44.0 Å². The van der Waals surface area contributed by atoms with Crippen molar-refractivity contribution in [1.29, 1.82) is 0 Å². The summed E-state index contributed by atoms with van der Waals surface area (Å²) in [4.78, 5) is 15.3. The number of thiophene rings is 1. The molecule has 48 heavy (non-hydrogen) atoms. The third-order valence-corrected chi connectivity index (χ3v) is 10.8. The minimum atomic E-state index is -4.46. The quantitative estimate of drug-likeness (QED) is 0.128. The molecule has 2 fully saturated rings. The molecule has 2 unspecified atom stereocenters. The van der Waals surface area contributed by atoms with Gasteiger partial charge >= 0.3 is 147 Å². The Morgan fingerprint density at radius 3 is 2.71 bits per heavy atom. The van der Waals surface area contributed by atoms with E-state index in [4.69, 9.17) is 9.47 Å². The van der Waals surface area contributed by atoms with Gasteiger partial charge in [-0.1, -0.05) is 12.1 Å². The Hall–Kier alpha value is -3.26. The normalized spacial score (nSPS) is 25.2. The summed E-state index contributed by atoms with van der Waals surface area (Å²) in [6.07, 6.45) is -0.907. The molecule has 0 bridgehead atoms. The second-order valence-electron chi connectivity index (χ2n) is 12.5. The van der Waals surface area contributed by atoms with Crippen molar-refractivity contribution in [3.05, 3.63) is 52.2 Å². The molecule has 2 aliphatic heterocycles. The van der Waals surface area contributed by atoms with Crippen LogP contribution in [-0.2, 0) is 25.3 Å². The minimum Gasteiger partial charge on any atom is -0.381 e. The van der Waals surface area contributed by atoms with Gasteiger partial charge in [0.1, 0.15) is 6.17 Å². The molecule has 1 amide bonds. The molecule has 1 aliphatic carbocycles. The topological polar surface area (TPSA) is 91.9 Å². The number of rotatable bonds is 8. The number of amides is 1. The monoisotopic (exact) mass is 706 g/mol. The van der Waals surface area contributed by atoms with Gasteiger partial charge in [-0.25, -0.2) is 4.39 Å². The zero-order valence-electron chi connectivity index (χ0n) is 27.0. The Morgan fingerprint density at radius 1 is 1.25 bits per heavy atom. The van der Waals surface area contributed by atoms with E-state index in [-0.39, 0.29) is 22.9 Å². The number of piperidine rings is 1. The number of benzene rings is 1. The number of nitrogens with zero attached hydrogens (tertiary/aromatic N) is 1. The average molecular weight is 707 g/mol.